The molecule has 3 nitrogen and oxygen atoms in total. The van der Waals surface area contributed by atoms with E-state index >= 15 is 0 Å². The molecule has 0 unspecified atom stereocenters. The lowest BCUT2D eigenvalue weighted by molar-refractivity contribution is 0.794. The Morgan fingerprint density at radius 2 is 1.09 bits per heavy atom. The standard InChI is InChI=1S/C41H29N3/c1-3-5-15-27(4-2)38-42-39(28-16-7-6-8-17-28)44-40(43-38)29-24-25-33-32-20-11-14-23-36(32)41(37(33)26-29)34-21-12-9-18-30(34)31-19-10-13-22-35(31)41/h3-26H,1H2,2H3. The van der Waals surface area contributed by atoms with Gasteiger partial charge in [0.1, 0.15) is 0 Å². The Kier molecular flexibility index (Phi) is 6.06. The molecule has 3 heteroatoms. The predicted octanol–water partition coefficient (Wildman–Crippen LogP) is 9.69. The van der Waals surface area contributed by atoms with Crippen molar-refractivity contribution in [3.05, 3.63) is 180 Å². The monoisotopic (exact) mass is 563 g/mol. The molecule has 0 N–H and O–H groups in total. The summed E-state index contributed by atoms with van der Waals surface area (Å²) in [6.45, 7) is 5.84. The number of aromatic nitrogens is 3. The van der Waals surface area contributed by atoms with Crippen molar-refractivity contribution in [2.24, 2.45) is 0 Å². The molecule has 0 radical (unpaired) electrons. The third-order valence-electron chi connectivity index (χ3n) is 8.90. The van der Waals surface area contributed by atoms with Gasteiger partial charge < -0.3 is 0 Å². The van der Waals surface area contributed by atoms with E-state index in [1.54, 1.807) is 6.08 Å². The minimum absolute atomic E-state index is 0.422. The zero-order valence-electron chi connectivity index (χ0n) is 24.4. The van der Waals surface area contributed by atoms with E-state index in [9.17, 15) is 0 Å². The van der Waals surface area contributed by atoms with E-state index in [1.807, 2.05) is 55.5 Å². The Labute approximate surface area is 257 Å². The second-order valence-electron chi connectivity index (χ2n) is 11.2. The van der Waals surface area contributed by atoms with E-state index in [1.165, 1.54) is 44.5 Å². The maximum absolute atomic E-state index is 5.06. The van der Waals surface area contributed by atoms with Gasteiger partial charge in [0.2, 0.25) is 0 Å². The first-order valence-corrected chi connectivity index (χ1v) is 15.0. The summed E-state index contributed by atoms with van der Waals surface area (Å²) < 4.78 is 0. The highest BCUT2D eigenvalue weighted by Crippen LogP contribution is 2.62. The summed E-state index contributed by atoms with van der Waals surface area (Å²) in [5, 5.41) is 0. The van der Waals surface area contributed by atoms with Crippen molar-refractivity contribution in [2.75, 3.05) is 0 Å². The minimum Gasteiger partial charge on any atom is -0.208 e. The second kappa shape index (κ2) is 10.3. The molecule has 2 aliphatic rings. The summed E-state index contributed by atoms with van der Waals surface area (Å²) in [5.41, 5.74) is 12.7. The molecule has 1 heterocycles. The maximum Gasteiger partial charge on any atom is 0.164 e. The fourth-order valence-electron chi connectivity index (χ4n) is 7.06. The van der Waals surface area contributed by atoms with Crippen molar-refractivity contribution in [3.8, 4) is 45.0 Å². The number of hydrogen-bond donors (Lipinski definition) is 0. The Hall–Kier alpha value is -5.67. The van der Waals surface area contributed by atoms with Crippen molar-refractivity contribution >= 4 is 5.57 Å². The Morgan fingerprint density at radius 1 is 0.568 bits per heavy atom. The first-order chi connectivity index (χ1) is 21.7. The zero-order valence-corrected chi connectivity index (χ0v) is 24.4. The van der Waals surface area contributed by atoms with Crippen molar-refractivity contribution in [2.45, 2.75) is 12.3 Å². The van der Waals surface area contributed by atoms with Crippen LogP contribution in [0.2, 0.25) is 0 Å². The van der Waals surface area contributed by atoms with Gasteiger partial charge in [-0.25, -0.2) is 15.0 Å². The van der Waals surface area contributed by atoms with E-state index in [0.29, 0.717) is 17.5 Å². The summed E-state index contributed by atoms with van der Waals surface area (Å²) in [6, 6.07) is 43.4. The molecule has 0 bridgehead atoms. The number of hydrogen-bond acceptors (Lipinski definition) is 3. The highest BCUT2D eigenvalue weighted by atomic mass is 15.0. The van der Waals surface area contributed by atoms with E-state index in [4.69, 9.17) is 15.0 Å². The summed E-state index contributed by atoms with van der Waals surface area (Å²) in [6.07, 6.45) is 7.68. The zero-order chi connectivity index (χ0) is 29.7. The SMILES string of the molecule is C=CC=CC(=CC)c1nc(-c2ccccc2)nc(-c2ccc3c(c2)C2(c4ccccc4-c4ccccc42)c2ccccc2-3)n1. The average molecular weight is 564 g/mol. The molecule has 0 aliphatic heterocycles. The molecule has 0 fully saturated rings. The van der Waals surface area contributed by atoms with Crippen LogP contribution in [0.5, 0.6) is 0 Å². The van der Waals surface area contributed by atoms with Gasteiger partial charge >= 0.3 is 0 Å². The number of fused-ring (bicyclic) bond motifs is 10. The lowest BCUT2D eigenvalue weighted by Gasteiger charge is -2.30. The molecule has 6 aromatic rings. The first kappa shape index (κ1) is 26.0. The lowest BCUT2D eigenvalue weighted by Crippen LogP contribution is -2.25. The Bertz CT molecular complexity index is 2090. The molecule has 5 aromatic carbocycles. The number of rotatable bonds is 5. The molecule has 1 spiro atoms. The molecule has 0 saturated carbocycles. The third-order valence-corrected chi connectivity index (χ3v) is 8.90. The predicted molar refractivity (Wildman–Crippen MR) is 180 cm³/mol. The molecule has 44 heavy (non-hydrogen) atoms. The molecule has 0 amide bonds. The topological polar surface area (TPSA) is 38.7 Å². The molecule has 0 saturated heterocycles. The van der Waals surface area contributed by atoms with Crippen LogP contribution < -0.4 is 0 Å². The lowest BCUT2D eigenvalue weighted by atomic mass is 9.70. The van der Waals surface area contributed by atoms with Gasteiger partial charge in [-0.15, -0.1) is 0 Å². The molecule has 8 rings (SSSR count). The van der Waals surface area contributed by atoms with Gasteiger partial charge in [-0.3, -0.25) is 0 Å². The number of allylic oxidation sites excluding steroid dienone is 5. The molecule has 1 aromatic heterocycles. The minimum atomic E-state index is -0.422. The van der Waals surface area contributed by atoms with Gasteiger partial charge in [-0.1, -0.05) is 146 Å². The fraction of sp³-hybridized carbons (Fsp3) is 0.0488. The van der Waals surface area contributed by atoms with E-state index in [2.05, 4.69) is 97.6 Å². The largest absolute Gasteiger partial charge is 0.208 e. The van der Waals surface area contributed by atoms with Crippen molar-refractivity contribution in [1.29, 1.82) is 0 Å². The molecular weight excluding hydrogens is 534 g/mol. The molecule has 2 aliphatic carbocycles. The second-order valence-corrected chi connectivity index (χ2v) is 11.2. The quantitative estimate of drug-likeness (QED) is 0.196. The van der Waals surface area contributed by atoms with Gasteiger partial charge in [0.15, 0.2) is 17.5 Å². The van der Waals surface area contributed by atoms with E-state index in [-0.39, 0.29) is 0 Å². The summed E-state index contributed by atoms with van der Waals surface area (Å²) >= 11 is 0. The third kappa shape index (κ3) is 3.73. The van der Waals surface area contributed by atoms with Crippen LogP contribution in [0, 0.1) is 0 Å². The smallest absolute Gasteiger partial charge is 0.164 e. The highest BCUT2D eigenvalue weighted by molar-refractivity contribution is 5.95. The van der Waals surface area contributed by atoms with Crippen LogP contribution in [0.4, 0.5) is 0 Å². The summed E-state index contributed by atoms with van der Waals surface area (Å²) in [5.74, 6) is 1.92. The van der Waals surface area contributed by atoms with Gasteiger partial charge in [0.05, 0.1) is 5.41 Å². The van der Waals surface area contributed by atoms with Gasteiger partial charge in [0.25, 0.3) is 0 Å². The van der Waals surface area contributed by atoms with Crippen LogP contribution in [0.1, 0.15) is 35.0 Å². The number of nitrogens with zero attached hydrogens (tertiary/aromatic N) is 3. The van der Waals surface area contributed by atoms with Crippen LogP contribution in [0.25, 0.3) is 50.6 Å². The normalized spacial score (nSPS) is 13.9. The van der Waals surface area contributed by atoms with E-state index in [0.717, 1.165) is 16.7 Å². The summed E-state index contributed by atoms with van der Waals surface area (Å²) in [7, 11) is 0. The van der Waals surface area contributed by atoms with Gasteiger partial charge in [-0.2, -0.15) is 0 Å². The molecular formula is C41H29N3. The van der Waals surface area contributed by atoms with E-state index < -0.39 is 5.41 Å². The molecule has 208 valence electrons. The van der Waals surface area contributed by atoms with Crippen molar-refractivity contribution in [1.82, 2.24) is 15.0 Å². The van der Waals surface area contributed by atoms with Crippen LogP contribution in [-0.2, 0) is 5.41 Å². The Morgan fingerprint density at radius 3 is 1.66 bits per heavy atom. The summed E-state index contributed by atoms with van der Waals surface area (Å²) in [4.78, 5) is 15.0. The fourth-order valence-corrected chi connectivity index (χ4v) is 7.06. The molecule has 0 atom stereocenters. The number of benzene rings is 5. The van der Waals surface area contributed by atoms with Crippen molar-refractivity contribution < 1.29 is 0 Å². The van der Waals surface area contributed by atoms with Crippen LogP contribution in [0.15, 0.2) is 152 Å². The van der Waals surface area contributed by atoms with Crippen LogP contribution in [0.3, 0.4) is 0 Å². The first-order valence-electron chi connectivity index (χ1n) is 15.0. The van der Waals surface area contributed by atoms with Crippen LogP contribution in [-0.4, -0.2) is 15.0 Å². The average Bonchev–Trinajstić information content (AvgIpc) is 3.56. The van der Waals surface area contributed by atoms with Crippen LogP contribution >= 0.6 is 0 Å². The van der Waals surface area contributed by atoms with Crippen molar-refractivity contribution in [3.63, 3.8) is 0 Å². The van der Waals surface area contributed by atoms with Gasteiger partial charge in [-0.05, 0) is 57.5 Å². The Balaban J connectivity index is 1.40. The van der Waals surface area contributed by atoms with Gasteiger partial charge in [0, 0.05) is 16.7 Å². The highest BCUT2D eigenvalue weighted by Gasteiger charge is 2.51. The maximum atomic E-state index is 5.06.